The van der Waals surface area contributed by atoms with Gasteiger partial charge in [-0.1, -0.05) is 6.07 Å². The van der Waals surface area contributed by atoms with E-state index in [4.69, 9.17) is 4.74 Å². The van der Waals surface area contributed by atoms with Crippen LogP contribution in [0, 0.1) is 13.8 Å². The normalized spacial score (nSPS) is 10.5. The molecule has 1 N–H and O–H groups in total. The number of ether oxygens (including phenoxy) is 1. The lowest BCUT2D eigenvalue weighted by Crippen LogP contribution is -2.22. The quantitative estimate of drug-likeness (QED) is 0.721. The molecule has 2 aromatic heterocycles. The van der Waals surface area contributed by atoms with Crippen molar-refractivity contribution >= 4 is 17.2 Å². The van der Waals surface area contributed by atoms with Crippen LogP contribution in [-0.4, -0.2) is 10.9 Å². The zero-order valence-electron chi connectivity index (χ0n) is 14.3. The fourth-order valence-corrected chi connectivity index (χ4v) is 3.29. The smallest absolute Gasteiger partial charge is 0.251 e. The zero-order valence-corrected chi connectivity index (χ0v) is 15.1. The molecule has 0 aliphatic heterocycles. The second-order valence-corrected chi connectivity index (χ2v) is 6.68. The van der Waals surface area contributed by atoms with Crippen LogP contribution in [-0.2, 0) is 13.2 Å². The van der Waals surface area contributed by atoms with Crippen LogP contribution in [0.3, 0.4) is 0 Å². The van der Waals surface area contributed by atoms with Gasteiger partial charge in [-0.25, -0.2) is 0 Å². The lowest BCUT2D eigenvalue weighted by Gasteiger charge is -2.14. The molecule has 3 rings (SSSR count). The molecular weight excluding hydrogens is 332 g/mol. The van der Waals surface area contributed by atoms with E-state index in [9.17, 15) is 4.79 Å². The van der Waals surface area contributed by atoms with Crippen LogP contribution < -0.4 is 10.1 Å². The van der Waals surface area contributed by atoms with Crippen molar-refractivity contribution in [2.24, 2.45) is 0 Å². The van der Waals surface area contributed by atoms with E-state index in [-0.39, 0.29) is 5.91 Å². The molecule has 1 aromatic carbocycles. The Morgan fingerprint density at radius 3 is 2.64 bits per heavy atom. The Kier molecular flexibility index (Phi) is 5.46. The lowest BCUT2D eigenvalue weighted by molar-refractivity contribution is 0.0950. The van der Waals surface area contributed by atoms with Crippen molar-refractivity contribution < 1.29 is 9.53 Å². The Hall–Kier alpha value is -2.66. The summed E-state index contributed by atoms with van der Waals surface area (Å²) in [5, 5.41) is 6.99. The predicted octanol–water partition coefficient (Wildman–Crippen LogP) is 4.27. The number of nitrogens with one attached hydrogen (secondary N) is 1. The number of benzene rings is 1. The topological polar surface area (TPSA) is 51.2 Å². The highest BCUT2D eigenvalue weighted by molar-refractivity contribution is 7.07. The SMILES string of the molecule is Cc1cc(C(=O)NCc2ccsc2)cc(C)c1OCc1cccnc1. The number of aromatic nitrogens is 1. The standard InChI is InChI=1S/C20H20N2O2S/c1-14-8-18(20(23)22-11-17-5-7-25-13-17)9-15(2)19(14)24-12-16-4-3-6-21-10-16/h3-10,13H,11-12H2,1-2H3,(H,22,23). The van der Waals surface area contributed by atoms with Crippen LogP contribution in [0.15, 0.2) is 53.5 Å². The summed E-state index contributed by atoms with van der Waals surface area (Å²) >= 11 is 1.63. The second-order valence-electron chi connectivity index (χ2n) is 5.90. The number of carbonyl (C=O) groups is 1. The highest BCUT2D eigenvalue weighted by atomic mass is 32.1. The van der Waals surface area contributed by atoms with Gasteiger partial charge in [0.15, 0.2) is 0 Å². The second kappa shape index (κ2) is 7.94. The third-order valence-corrected chi connectivity index (χ3v) is 4.59. The minimum absolute atomic E-state index is 0.0730. The van der Waals surface area contributed by atoms with E-state index in [1.807, 2.05) is 54.9 Å². The largest absolute Gasteiger partial charge is 0.488 e. The van der Waals surface area contributed by atoms with Gasteiger partial charge in [0, 0.05) is 30.1 Å². The van der Waals surface area contributed by atoms with Gasteiger partial charge >= 0.3 is 0 Å². The fraction of sp³-hybridized carbons (Fsp3) is 0.200. The Balaban J connectivity index is 1.67. The van der Waals surface area contributed by atoms with Crippen LogP contribution in [0.2, 0.25) is 0 Å². The molecule has 1 amide bonds. The van der Waals surface area contributed by atoms with Crippen molar-refractivity contribution in [1.82, 2.24) is 10.3 Å². The predicted molar refractivity (Wildman–Crippen MR) is 100.0 cm³/mol. The number of rotatable bonds is 6. The average molecular weight is 352 g/mol. The molecule has 0 aliphatic carbocycles. The van der Waals surface area contributed by atoms with Crippen LogP contribution in [0.4, 0.5) is 0 Å². The molecule has 5 heteroatoms. The van der Waals surface area contributed by atoms with E-state index in [0.717, 1.165) is 28.0 Å². The van der Waals surface area contributed by atoms with Gasteiger partial charge in [-0.2, -0.15) is 11.3 Å². The molecule has 0 saturated heterocycles. The van der Waals surface area contributed by atoms with E-state index < -0.39 is 0 Å². The van der Waals surface area contributed by atoms with Gasteiger partial charge in [-0.15, -0.1) is 0 Å². The molecule has 0 saturated carbocycles. The van der Waals surface area contributed by atoms with E-state index >= 15 is 0 Å². The Morgan fingerprint density at radius 1 is 1.20 bits per heavy atom. The van der Waals surface area contributed by atoms with Gasteiger partial charge in [0.1, 0.15) is 12.4 Å². The first-order valence-corrected chi connectivity index (χ1v) is 9.00. The Bertz CT molecular complexity index is 822. The van der Waals surface area contributed by atoms with Crippen LogP contribution in [0.5, 0.6) is 5.75 Å². The van der Waals surface area contributed by atoms with Gasteiger partial charge in [0.05, 0.1) is 0 Å². The first-order valence-electron chi connectivity index (χ1n) is 8.05. The number of aryl methyl sites for hydroxylation is 2. The number of carbonyl (C=O) groups excluding carboxylic acids is 1. The summed E-state index contributed by atoms with van der Waals surface area (Å²) in [6, 6.07) is 9.61. The molecular formula is C20H20N2O2S. The summed E-state index contributed by atoms with van der Waals surface area (Å²) in [4.78, 5) is 16.5. The summed E-state index contributed by atoms with van der Waals surface area (Å²) in [5.41, 5.74) is 4.68. The average Bonchev–Trinajstić information content (AvgIpc) is 3.13. The fourth-order valence-electron chi connectivity index (χ4n) is 2.63. The Labute approximate surface area is 151 Å². The molecule has 0 unspecified atom stereocenters. The van der Waals surface area contributed by atoms with Crippen LogP contribution in [0.25, 0.3) is 0 Å². The molecule has 2 heterocycles. The third-order valence-electron chi connectivity index (χ3n) is 3.86. The van der Waals surface area contributed by atoms with Crippen molar-refractivity contribution in [3.63, 3.8) is 0 Å². The van der Waals surface area contributed by atoms with Crippen molar-refractivity contribution in [3.8, 4) is 5.75 Å². The molecule has 0 aliphatic rings. The first-order chi connectivity index (χ1) is 12.1. The maximum Gasteiger partial charge on any atom is 0.251 e. The molecule has 0 atom stereocenters. The molecule has 0 fully saturated rings. The monoisotopic (exact) mass is 352 g/mol. The highest BCUT2D eigenvalue weighted by Gasteiger charge is 2.12. The molecule has 4 nitrogen and oxygen atoms in total. The summed E-state index contributed by atoms with van der Waals surface area (Å²) < 4.78 is 5.94. The van der Waals surface area contributed by atoms with E-state index in [2.05, 4.69) is 10.3 Å². The van der Waals surface area contributed by atoms with Gasteiger partial charge < -0.3 is 10.1 Å². The minimum atomic E-state index is -0.0730. The molecule has 0 radical (unpaired) electrons. The molecule has 0 spiro atoms. The van der Waals surface area contributed by atoms with Gasteiger partial charge in [-0.3, -0.25) is 9.78 Å². The summed E-state index contributed by atoms with van der Waals surface area (Å²) in [6.07, 6.45) is 3.53. The maximum absolute atomic E-state index is 12.4. The van der Waals surface area contributed by atoms with Crippen LogP contribution in [0.1, 0.15) is 32.6 Å². The summed E-state index contributed by atoms with van der Waals surface area (Å²) in [5.74, 6) is 0.745. The number of pyridine rings is 1. The third kappa shape index (κ3) is 4.45. The number of thiophene rings is 1. The highest BCUT2D eigenvalue weighted by Crippen LogP contribution is 2.26. The molecule has 0 bridgehead atoms. The molecule has 25 heavy (non-hydrogen) atoms. The van der Waals surface area contributed by atoms with Crippen LogP contribution >= 0.6 is 11.3 Å². The lowest BCUT2D eigenvalue weighted by atomic mass is 10.0. The first kappa shape index (κ1) is 17.2. The van der Waals surface area contributed by atoms with Gasteiger partial charge in [-0.05, 0) is 65.6 Å². The van der Waals surface area contributed by atoms with Gasteiger partial charge in [0.25, 0.3) is 5.91 Å². The molecule has 128 valence electrons. The number of hydrogen-bond donors (Lipinski definition) is 1. The molecule has 3 aromatic rings. The van der Waals surface area contributed by atoms with Crippen molar-refractivity contribution in [2.45, 2.75) is 27.0 Å². The maximum atomic E-state index is 12.4. The van der Waals surface area contributed by atoms with E-state index in [1.54, 1.807) is 23.7 Å². The van der Waals surface area contributed by atoms with Crippen molar-refractivity contribution in [1.29, 1.82) is 0 Å². The summed E-state index contributed by atoms with van der Waals surface area (Å²) in [6.45, 7) is 4.92. The minimum Gasteiger partial charge on any atom is -0.488 e. The zero-order chi connectivity index (χ0) is 17.6. The van der Waals surface area contributed by atoms with E-state index in [0.29, 0.717) is 18.7 Å². The van der Waals surface area contributed by atoms with Crippen molar-refractivity contribution in [2.75, 3.05) is 0 Å². The van der Waals surface area contributed by atoms with E-state index in [1.165, 1.54) is 0 Å². The number of hydrogen-bond acceptors (Lipinski definition) is 4. The van der Waals surface area contributed by atoms with Gasteiger partial charge in [0.2, 0.25) is 0 Å². The summed E-state index contributed by atoms with van der Waals surface area (Å²) in [7, 11) is 0. The van der Waals surface area contributed by atoms with Crippen molar-refractivity contribution in [3.05, 3.63) is 81.3 Å². The Morgan fingerprint density at radius 2 is 2.00 bits per heavy atom. The number of nitrogens with zero attached hydrogens (tertiary/aromatic N) is 1. The number of amides is 1.